The third-order valence-corrected chi connectivity index (χ3v) is 4.65. The van der Waals surface area contributed by atoms with Crippen LogP contribution >= 0.6 is 0 Å². The molecule has 1 fully saturated rings. The maximum atomic E-state index is 12.2. The summed E-state index contributed by atoms with van der Waals surface area (Å²) in [5, 5.41) is 6.25. The lowest BCUT2D eigenvalue weighted by Gasteiger charge is -2.25. The van der Waals surface area contributed by atoms with Crippen LogP contribution in [0.4, 0.5) is 0 Å². The molecule has 1 heterocycles. The molecule has 1 saturated heterocycles. The molecule has 1 aliphatic heterocycles. The number of amides is 1. The van der Waals surface area contributed by atoms with Crippen molar-refractivity contribution >= 4 is 11.9 Å². The van der Waals surface area contributed by atoms with Crippen molar-refractivity contribution in [1.82, 2.24) is 15.5 Å². The van der Waals surface area contributed by atoms with E-state index >= 15 is 0 Å². The second-order valence-corrected chi connectivity index (χ2v) is 8.77. The molecule has 2 N–H and O–H groups in total. The smallest absolute Gasteiger partial charge is 0.240 e. The summed E-state index contributed by atoms with van der Waals surface area (Å²) >= 11 is 0. The van der Waals surface area contributed by atoms with Crippen molar-refractivity contribution in [3.05, 3.63) is 35.4 Å². The summed E-state index contributed by atoms with van der Waals surface area (Å²) in [6, 6.07) is 8.33. The first-order valence-corrected chi connectivity index (χ1v) is 10.8. The highest BCUT2D eigenvalue weighted by atomic mass is 16.5. The minimum Gasteiger partial charge on any atom is -0.381 e. The van der Waals surface area contributed by atoms with E-state index in [9.17, 15) is 4.79 Å². The van der Waals surface area contributed by atoms with Crippen molar-refractivity contribution < 1.29 is 14.3 Å². The Morgan fingerprint density at radius 1 is 1.27 bits per heavy atom. The van der Waals surface area contributed by atoms with Crippen LogP contribution in [0.25, 0.3) is 0 Å². The normalized spacial score (nSPS) is 15.7. The van der Waals surface area contributed by atoms with E-state index < -0.39 is 0 Å². The SMILES string of the molecule is CCNC(=NCc1cccc(COC2CCOCC2)c1)N(C)CC(=O)NC(C)(C)C. The lowest BCUT2D eigenvalue weighted by atomic mass is 10.1. The summed E-state index contributed by atoms with van der Waals surface area (Å²) < 4.78 is 11.4. The molecule has 30 heavy (non-hydrogen) atoms. The highest BCUT2D eigenvalue weighted by Crippen LogP contribution is 2.14. The fourth-order valence-corrected chi connectivity index (χ4v) is 3.26. The second-order valence-electron chi connectivity index (χ2n) is 8.77. The van der Waals surface area contributed by atoms with Crippen molar-refractivity contribution in [2.75, 3.05) is 33.4 Å². The first kappa shape index (κ1) is 24.2. The molecule has 0 aromatic heterocycles. The molecular weight excluding hydrogens is 380 g/mol. The Labute approximate surface area is 181 Å². The van der Waals surface area contributed by atoms with Crippen molar-refractivity contribution in [3.63, 3.8) is 0 Å². The summed E-state index contributed by atoms with van der Waals surface area (Å²) in [6.45, 7) is 11.7. The van der Waals surface area contributed by atoms with Gasteiger partial charge in [0.25, 0.3) is 0 Å². The van der Waals surface area contributed by atoms with Gasteiger partial charge in [-0.05, 0) is 51.7 Å². The van der Waals surface area contributed by atoms with Crippen LogP contribution in [-0.4, -0.2) is 61.8 Å². The third kappa shape index (κ3) is 9.13. The van der Waals surface area contributed by atoms with E-state index in [2.05, 4.69) is 28.8 Å². The van der Waals surface area contributed by atoms with Crippen molar-refractivity contribution in [2.45, 2.75) is 65.3 Å². The first-order valence-electron chi connectivity index (χ1n) is 10.8. The second kappa shape index (κ2) is 11.9. The van der Waals surface area contributed by atoms with E-state index in [1.54, 1.807) is 0 Å². The van der Waals surface area contributed by atoms with Crippen LogP contribution in [0, 0.1) is 0 Å². The summed E-state index contributed by atoms with van der Waals surface area (Å²) in [7, 11) is 1.88. The Morgan fingerprint density at radius 3 is 2.63 bits per heavy atom. The number of carbonyl (C=O) groups is 1. The summed E-state index contributed by atoms with van der Waals surface area (Å²) in [5.74, 6) is 0.688. The number of nitrogens with zero attached hydrogens (tertiary/aromatic N) is 2. The van der Waals surface area contributed by atoms with Crippen LogP contribution in [-0.2, 0) is 27.4 Å². The predicted octanol–water partition coefficient (Wildman–Crippen LogP) is 2.69. The molecule has 0 radical (unpaired) electrons. The summed E-state index contributed by atoms with van der Waals surface area (Å²) in [5.41, 5.74) is 2.02. The zero-order valence-corrected chi connectivity index (χ0v) is 19.2. The number of aliphatic imine (C=N–C) groups is 1. The van der Waals surface area contributed by atoms with Gasteiger partial charge in [-0.2, -0.15) is 0 Å². The van der Waals surface area contributed by atoms with Crippen LogP contribution in [0.15, 0.2) is 29.3 Å². The number of rotatable bonds is 8. The van der Waals surface area contributed by atoms with E-state index in [4.69, 9.17) is 14.5 Å². The number of benzene rings is 1. The topological polar surface area (TPSA) is 75.2 Å². The lowest BCUT2D eigenvalue weighted by molar-refractivity contribution is -0.122. The Kier molecular flexibility index (Phi) is 9.59. The Bertz CT molecular complexity index is 694. The zero-order valence-electron chi connectivity index (χ0n) is 19.2. The molecule has 1 amide bonds. The number of likely N-dealkylation sites (N-methyl/N-ethyl adjacent to an activating group) is 1. The lowest BCUT2D eigenvalue weighted by Crippen LogP contribution is -2.48. The van der Waals surface area contributed by atoms with Crippen molar-refractivity contribution in [3.8, 4) is 0 Å². The standard InChI is InChI=1S/C23H38N4O3/c1-6-24-22(27(5)16-21(28)26-23(2,3)4)25-15-18-8-7-9-19(14-18)17-30-20-10-12-29-13-11-20/h7-9,14,20H,6,10-13,15-17H2,1-5H3,(H,24,25)(H,26,28). The van der Waals surface area contributed by atoms with Gasteiger partial charge in [0, 0.05) is 32.3 Å². The molecule has 0 saturated carbocycles. The van der Waals surface area contributed by atoms with Gasteiger partial charge in [-0.15, -0.1) is 0 Å². The Morgan fingerprint density at radius 2 is 1.97 bits per heavy atom. The monoisotopic (exact) mass is 418 g/mol. The number of carbonyl (C=O) groups excluding carboxylic acids is 1. The molecule has 0 bridgehead atoms. The third-order valence-electron chi connectivity index (χ3n) is 4.65. The molecule has 0 atom stereocenters. The summed E-state index contributed by atoms with van der Waals surface area (Å²) in [6.07, 6.45) is 2.21. The number of ether oxygens (including phenoxy) is 2. The number of guanidine groups is 1. The quantitative estimate of drug-likeness (QED) is 0.502. The fourth-order valence-electron chi connectivity index (χ4n) is 3.26. The van der Waals surface area contributed by atoms with Gasteiger partial charge in [-0.25, -0.2) is 4.99 Å². The molecule has 0 spiro atoms. The van der Waals surface area contributed by atoms with E-state index in [1.807, 2.05) is 45.7 Å². The van der Waals surface area contributed by atoms with Crippen LogP contribution in [0.1, 0.15) is 51.7 Å². The van der Waals surface area contributed by atoms with Gasteiger partial charge >= 0.3 is 0 Å². The average Bonchev–Trinajstić information content (AvgIpc) is 2.69. The van der Waals surface area contributed by atoms with E-state index in [-0.39, 0.29) is 24.1 Å². The van der Waals surface area contributed by atoms with Crippen LogP contribution in [0.2, 0.25) is 0 Å². The van der Waals surface area contributed by atoms with Gasteiger partial charge in [0.05, 0.1) is 25.8 Å². The summed E-state index contributed by atoms with van der Waals surface area (Å²) in [4.78, 5) is 18.8. The van der Waals surface area contributed by atoms with Gasteiger partial charge < -0.3 is 25.0 Å². The molecule has 7 heteroatoms. The van der Waals surface area contributed by atoms with Crippen LogP contribution in [0.5, 0.6) is 0 Å². The zero-order chi connectivity index (χ0) is 22.0. The molecule has 0 aliphatic carbocycles. The molecule has 7 nitrogen and oxygen atoms in total. The maximum absolute atomic E-state index is 12.2. The van der Waals surface area contributed by atoms with E-state index in [0.29, 0.717) is 19.1 Å². The van der Waals surface area contributed by atoms with Crippen molar-refractivity contribution in [2.24, 2.45) is 4.99 Å². The number of nitrogens with one attached hydrogen (secondary N) is 2. The Balaban J connectivity index is 1.93. The molecule has 1 aromatic rings. The van der Waals surface area contributed by atoms with Crippen LogP contribution in [0.3, 0.4) is 0 Å². The predicted molar refractivity (Wildman–Crippen MR) is 120 cm³/mol. The first-order chi connectivity index (χ1) is 14.3. The van der Waals surface area contributed by atoms with Gasteiger partial charge in [-0.1, -0.05) is 24.3 Å². The molecule has 0 unspecified atom stereocenters. The molecule has 1 aromatic carbocycles. The Hall–Kier alpha value is -2.12. The number of hydrogen-bond donors (Lipinski definition) is 2. The molecule has 2 rings (SSSR count). The fraction of sp³-hybridized carbons (Fsp3) is 0.652. The van der Waals surface area contributed by atoms with Gasteiger partial charge in [-0.3, -0.25) is 4.79 Å². The van der Waals surface area contributed by atoms with Gasteiger partial charge in [0.15, 0.2) is 5.96 Å². The average molecular weight is 419 g/mol. The molecule has 168 valence electrons. The molecular formula is C23H38N4O3. The van der Waals surface area contributed by atoms with Crippen LogP contribution < -0.4 is 10.6 Å². The largest absolute Gasteiger partial charge is 0.381 e. The van der Waals surface area contributed by atoms with Gasteiger partial charge in [0.2, 0.25) is 5.91 Å². The van der Waals surface area contributed by atoms with E-state index in [0.717, 1.165) is 43.7 Å². The minimum absolute atomic E-state index is 0.0251. The van der Waals surface area contributed by atoms with Gasteiger partial charge in [0.1, 0.15) is 0 Å². The maximum Gasteiger partial charge on any atom is 0.240 e. The number of hydrogen-bond acceptors (Lipinski definition) is 4. The minimum atomic E-state index is -0.249. The molecule has 1 aliphatic rings. The van der Waals surface area contributed by atoms with Crippen molar-refractivity contribution in [1.29, 1.82) is 0 Å². The van der Waals surface area contributed by atoms with E-state index in [1.165, 1.54) is 0 Å². The highest BCUT2D eigenvalue weighted by Gasteiger charge is 2.17. The highest BCUT2D eigenvalue weighted by molar-refractivity contribution is 5.86.